The molecule has 0 radical (unpaired) electrons. The Hall–Kier alpha value is -2.53. The lowest BCUT2D eigenvalue weighted by Gasteiger charge is -2.03. The van der Waals surface area contributed by atoms with Gasteiger partial charge in [-0.1, -0.05) is 31.2 Å². The summed E-state index contributed by atoms with van der Waals surface area (Å²) >= 11 is 1.51. The van der Waals surface area contributed by atoms with E-state index in [2.05, 4.69) is 41.3 Å². The van der Waals surface area contributed by atoms with E-state index in [0.29, 0.717) is 0 Å². The van der Waals surface area contributed by atoms with E-state index in [1.165, 1.54) is 29.0 Å². The van der Waals surface area contributed by atoms with E-state index >= 15 is 0 Å². The molecular formula is C19H18FN3S. The van der Waals surface area contributed by atoms with Crippen LogP contribution in [-0.4, -0.2) is 17.9 Å². The highest BCUT2D eigenvalue weighted by Gasteiger charge is 2.07. The predicted octanol–water partition coefficient (Wildman–Crippen LogP) is 4.33. The van der Waals surface area contributed by atoms with Crippen LogP contribution in [0.2, 0.25) is 0 Å². The summed E-state index contributed by atoms with van der Waals surface area (Å²) in [6, 6.07) is 14.7. The summed E-state index contributed by atoms with van der Waals surface area (Å²) in [4.78, 5) is 5.06. The monoisotopic (exact) mass is 339 g/mol. The van der Waals surface area contributed by atoms with Crippen molar-refractivity contribution in [1.29, 1.82) is 0 Å². The number of aryl methyl sites for hydroxylation is 1. The third-order valence-corrected chi connectivity index (χ3v) is 4.63. The molecule has 0 spiro atoms. The molecule has 0 amide bonds. The summed E-state index contributed by atoms with van der Waals surface area (Å²) in [5.74, 6) is -0.250. The fraction of sp³-hybridized carbons (Fsp3) is 0.158. The molecule has 24 heavy (non-hydrogen) atoms. The number of hydrogen-bond donors (Lipinski definition) is 0. The second-order valence-corrected chi connectivity index (χ2v) is 6.12. The Morgan fingerprint density at radius 3 is 2.42 bits per heavy atom. The zero-order chi connectivity index (χ0) is 16.9. The van der Waals surface area contributed by atoms with Crippen molar-refractivity contribution in [2.24, 2.45) is 10.1 Å². The van der Waals surface area contributed by atoms with Crippen LogP contribution in [0, 0.1) is 5.82 Å². The lowest BCUT2D eigenvalue weighted by Crippen LogP contribution is -2.11. The van der Waals surface area contributed by atoms with Crippen molar-refractivity contribution in [3.8, 4) is 11.3 Å². The van der Waals surface area contributed by atoms with E-state index in [4.69, 9.17) is 0 Å². The number of aromatic nitrogens is 1. The van der Waals surface area contributed by atoms with Crippen molar-refractivity contribution in [3.05, 3.63) is 75.7 Å². The molecule has 0 unspecified atom stereocenters. The molecule has 1 heterocycles. The Morgan fingerprint density at radius 2 is 1.79 bits per heavy atom. The molecular weight excluding hydrogens is 321 g/mol. The van der Waals surface area contributed by atoms with Gasteiger partial charge in [-0.25, -0.2) is 9.07 Å². The number of halogens is 1. The van der Waals surface area contributed by atoms with Gasteiger partial charge in [-0.05, 0) is 41.8 Å². The summed E-state index contributed by atoms with van der Waals surface area (Å²) in [5.41, 5.74) is 4.12. The van der Waals surface area contributed by atoms with Crippen molar-refractivity contribution in [2.75, 3.05) is 7.05 Å². The van der Waals surface area contributed by atoms with Gasteiger partial charge in [-0.2, -0.15) is 5.10 Å². The summed E-state index contributed by atoms with van der Waals surface area (Å²) in [6.45, 7) is 2.13. The lowest BCUT2D eigenvalue weighted by molar-refractivity contribution is 0.628. The van der Waals surface area contributed by atoms with Gasteiger partial charge in [-0.15, -0.1) is 11.3 Å². The minimum absolute atomic E-state index is 0.250. The van der Waals surface area contributed by atoms with Crippen LogP contribution in [0.25, 0.3) is 11.3 Å². The fourth-order valence-corrected chi connectivity index (χ4v) is 3.15. The first-order valence-electron chi connectivity index (χ1n) is 7.74. The maximum absolute atomic E-state index is 13.2. The number of nitrogens with zero attached hydrogens (tertiary/aromatic N) is 3. The molecule has 1 aromatic heterocycles. The summed E-state index contributed by atoms with van der Waals surface area (Å²) in [5, 5.41) is 6.56. The maximum Gasteiger partial charge on any atom is 0.205 e. The highest BCUT2D eigenvalue weighted by Crippen LogP contribution is 2.20. The number of hydrogen-bond acceptors (Lipinski definition) is 3. The second-order valence-electron chi connectivity index (χ2n) is 5.29. The van der Waals surface area contributed by atoms with E-state index < -0.39 is 0 Å². The van der Waals surface area contributed by atoms with Gasteiger partial charge in [0.25, 0.3) is 0 Å². The van der Waals surface area contributed by atoms with Crippen molar-refractivity contribution < 1.29 is 4.39 Å². The molecule has 0 atom stereocenters. The van der Waals surface area contributed by atoms with E-state index in [-0.39, 0.29) is 5.82 Å². The largest absolute Gasteiger partial charge is 0.261 e. The van der Waals surface area contributed by atoms with Gasteiger partial charge in [-0.3, -0.25) is 4.99 Å². The van der Waals surface area contributed by atoms with Crippen LogP contribution < -0.4 is 4.80 Å². The first-order chi connectivity index (χ1) is 11.7. The van der Waals surface area contributed by atoms with Crippen LogP contribution >= 0.6 is 11.3 Å². The Bertz CT molecular complexity index is 903. The van der Waals surface area contributed by atoms with Crippen LogP contribution in [0.5, 0.6) is 0 Å². The van der Waals surface area contributed by atoms with E-state index in [1.54, 1.807) is 23.9 Å². The number of benzene rings is 2. The minimum atomic E-state index is -0.250. The molecule has 122 valence electrons. The molecule has 0 aliphatic heterocycles. The van der Waals surface area contributed by atoms with Gasteiger partial charge in [0.15, 0.2) is 0 Å². The number of rotatable bonds is 4. The maximum atomic E-state index is 13.2. The zero-order valence-corrected chi connectivity index (χ0v) is 14.4. The Kier molecular flexibility index (Phi) is 5.01. The van der Waals surface area contributed by atoms with Crippen molar-refractivity contribution in [1.82, 2.24) is 4.68 Å². The number of thiazole rings is 1. The lowest BCUT2D eigenvalue weighted by atomic mass is 10.1. The quantitative estimate of drug-likeness (QED) is 0.633. The molecule has 0 N–H and O–H groups in total. The first-order valence-corrected chi connectivity index (χ1v) is 8.62. The van der Waals surface area contributed by atoms with E-state index in [1.807, 2.05) is 11.6 Å². The predicted molar refractivity (Wildman–Crippen MR) is 98.0 cm³/mol. The SMILES string of the molecule is CCc1ccc(/C=N/n2c(-c3ccc(F)cc3)csc2=NC)cc1. The average molecular weight is 339 g/mol. The highest BCUT2D eigenvalue weighted by atomic mass is 32.1. The molecule has 0 aliphatic carbocycles. The van der Waals surface area contributed by atoms with Crippen LogP contribution in [0.3, 0.4) is 0 Å². The highest BCUT2D eigenvalue weighted by molar-refractivity contribution is 7.07. The van der Waals surface area contributed by atoms with Crippen LogP contribution in [0.15, 0.2) is 64.0 Å². The minimum Gasteiger partial charge on any atom is -0.261 e. The fourth-order valence-electron chi connectivity index (χ4n) is 2.35. The van der Waals surface area contributed by atoms with Gasteiger partial charge in [0.05, 0.1) is 11.9 Å². The van der Waals surface area contributed by atoms with Crippen molar-refractivity contribution in [3.63, 3.8) is 0 Å². The third kappa shape index (κ3) is 3.51. The van der Waals surface area contributed by atoms with E-state index in [0.717, 1.165) is 28.0 Å². The van der Waals surface area contributed by atoms with Gasteiger partial charge in [0.1, 0.15) is 5.82 Å². The summed E-state index contributed by atoms with van der Waals surface area (Å²) in [7, 11) is 1.74. The van der Waals surface area contributed by atoms with Gasteiger partial charge >= 0.3 is 0 Å². The van der Waals surface area contributed by atoms with E-state index in [9.17, 15) is 4.39 Å². The van der Waals surface area contributed by atoms with Gasteiger partial charge in [0.2, 0.25) is 4.80 Å². The van der Waals surface area contributed by atoms with Gasteiger partial charge < -0.3 is 0 Å². The molecule has 0 bridgehead atoms. The standard InChI is InChI=1S/C19H18FN3S/c1-3-14-4-6-15(7-5-14)12-22-23-18(13-24-19(23)21-2)16-8-10-17(20)11-9-16/h4-13H,3H2,1-2H3/b21-19?,22-12+. The van der Waals surface area contributed by atoms with Crippen LogP contribution in [-0.2, 0) is 6.42 Å². The van der Waals surface area contributed by atoms with Crippen molar-refractivity contribution >= 4 is 17.6 Å². The Morgan fingerprint density at radius 1 is 1.08 bits per heavy atom. The molecule has 0 saturated heterocycles. The molecule has 0 aliphatic rings. The third-order valence-electron chi connectivity index (χ3n) is 3.73. The zero-order valence-electron chi connectivity index (χ0n) is 13.6. The Labute approximate surface area is 144 Å². The molecule has 3 rings (SSSR count). The molecule has 0 saturated carbocycles. The topological polar surface area (TPSA) is 29.6 Å². The molecule has 3 nitrogen and oxygen atoms in total. The smallest absolute Gasteiger partial charge is 0.205 e. The molecule has 5 heteroatoms. The van der Waals surface area contributed by atoms with Crippen LogP contribution in [0.1, 0.15) is 18.1 Å². The first kappa shape index (κ1) is 16.3. The van der Waals surface area contributed by atoms with Gasteiger partial charge in [0, 0.05) is 18.0 Å². The van der Waals surface area contributed by atoms with Crippen molar-refractivity contribution in [2.45, 2.75) is 13.3 Å². The average Bonchev–Trinajstić information content (AvgIpc) is 3.04. The molecule has 0 fully saturated rings. The normalized spacial score (nSPS) is 12.2. The second kappa shape index (κ2) is 7.36. The summed E-state index contributed by atoms with van der Waals surface area (Å²) in [6.07, 6.45) is 2.83. The van der Waals surface area contributed by atoms with Crippen LogP contribution in [0.4, 0.5) is 4.39 Å². The summed E-state index contributed by atoms with van der Waals surface area (Å²) < 4.78 is 14.9. The Balaban J connectivity index is 1.98. The molecule has 3 aromatic rings. The molecule has 2 aromatic carbocycles.